The molecule has 39 heavy (non-hydrogen) atoms. The lowest BCUT2D eigenvalue weighted by atomic mass is 10.0. The molecule has 10 nitrogen and oxygen atoms in total. The summed E-state index contributed by atoms with van der Waals surface area (Å²) in [6, 6.07) is 2.36. The van der Waals surface area contributed by atoms with E-state index in [1.54, 1.807) is 0 Å². The van der Waals surface area contributed by atoms with Crippen molar-refractivity contribution in [3.8, 4) is 0 Å². The van der Waals surface area contributed by atoms with E-state index in [1.807, 2.05) is 13.2 Å². The van der Waals surface area contributed by atoms with Crippen molar-refractivity contribution in [1.29, 1.82) is 0 Å². The number of carbonyl (C=O) groups is 1. The molecule has 1 aromatic carbocycles. The van der Waals surface area contributed by atoms with Gasteiger partial charge in [0.2, 0.25) is 11.9 Å². The zero-order valence-corrected chi connectivity index (χ0v) is 23.6. The van der Waals surface area contributed by atoms with E-state index in [0.717, 1.165) is 36.9 Å². The molecule has 0 aliphatic heterocycles. The van der Waals surface area contributed by atoms with Gasteiger partial charge in [-0.05, 0) is 58.1 Å². The van der Waals surface area contributed by atoms with Crippen LogP contribution in [0.4, 0.5) is 25.1 Å². The molecule has 1 aliphatic rings. The largest absolute Gasteiger partial charge is 0.416 e. The van der Waals surface area contributed by atoms with Gasteiger partial charge >= 0.3 is 6.18 Å². The molecule has 0 unspecified atom stereocenters. The summed E-state index contributed by atoms with van der Waals surface area (Å²) in [5.41, 5.74) is -1.37. The number of thioether (sulfide) groups is 1. The van der Waals surface area contributed by atoms with E-state index < -0.39 is 32.3 Å². The number of nitrogens with one attached hydrogen (secondary N) is 2. The molecule has 2 heterocycles. The number of ketones is 1. The van der Waals surface area contributed by atoms with Gasteiger partial charge in [-0.1, -0.05) is 16.9 Å². The predicted octanol–water partition coefficient (Wildman–Crippen LogP) is 5.05. The van der Waals surface area contributed by atoms with Crippen LogP contribution in [0, 0.1) is 0 Å². The van der Waals surface area contributed by atoms with E-state index in [9.17, 15) is 26.4 Å². The number of aromatic nitrogens is 4. The highest BCUT2D eigenvalue weighted by atomic mass is 32.2. The van der Waals surface area contributed by atoms with Gasteiger partial charge in [-0.2, -0.15) is 28.1 Å². The normalized spacial score (nSPS) is 13.6. The van der Waals surface area contributed by atoms with Gasteiger partial charge in [-0.25, -0.2) is 8.42 Å². The molecule has 0 radical (unpaired) electrons. The molecule has 1 fully saturated rings. The van der Waals surface area contributed by atoms with Crippen LogP contribution < -0.4 is 10.6 Å². The zero-order valence-electron chi connectivity index (χ0n) is 22.0. The molecule has 2 aromatic heterocycles. The number of alkyl halides is 3. The third kappa shape index (κ3) is 8.14. The van der Waals surface area contributed by atoms with Crippen LogP contribution in [-0.2, 0) is 16.0 Å². The Kier molecular flexibility index (Phi) is 9.59. The summed E-state index contributed by atoms with van der Waals surface area (Å²) in [5.74, 6) is 0.925. The van der Waals surface area contributed by atoms with Crippen LogP contribution in [-0.4, -0.2) is 59.4 Å². The third-order valence-electron chi connectivity index (χ3n) is 5.29. The highest BCUT2D eigenvalue weighted by molar-refractivity contribution is 7.98. The monoisotopic (exact) mass is 586 g/mol. The summed E-state index contributed by atoms with van der Waals surface area (Å²) in [5, 5.41) is 10.5. The maximum atomic E-state index is 12.8. The first-order valence-electron chi connectivity index (χ1n) is 12.0. The van der Waals surface area contributed by atoms with E-state index in [1.165, 1.54) is 18.0 Å². The smallest absolute Gasteiger partial charge is 0.360 e. The standard InChI is InChI=1S/C15H12F3NO4S.C9H17N5S/c1-24(21,22)12-6-9(15(16,17)18)4-5-10(12)13(20)11-7-19-23-14(11)8-2-3-8;1-5-10-7-12-8(11-6(2)3)14-9(13-7)15-4/h4-8H,2-3H2,1H3;6H,5H2,1-4H3,(H2,10,11,12,13,14). The van der Waals surface area contributed by atoms with E-state index in [2.05, 4.69) is 44.6 Å². The third-order valence-corrected chi connectivity index (χ3v) is 6.98. The molecule has 1 aliphatic carbocycles. The highest BCUT2D eigenvalue weighted by Gasteiger charge is 2.36. The van der Waals surface area contributed by atoms with Crippen molar-refractivity contribution >= 4 is 39.3 Å². The zero-order chi connectivity index (χ0) is 29.0. The number of benzene rings is 1. The summed E-state index contributed by atoms with van der Waals surface area (Å²) < 4.78 is 67.3. The van der Waals surface area contributed by atoms with Crippen molar-refractivity contribution in [1.82, 2.24) is 20.1 Å². The number of rotatable bonds is 9. The van der Waals surface area contributed by atoms with Crippen LogP contribution in [0.25, 0.3) is 0 Å². The van der Waals surface area contributed by atoms with Gasteiger partial charge in [-0.3, -0.25) is 4.79 Å². The van der Waals surface area contributed by atoms with Crippen LogP contribution >= 0.6 is 11.8 Å². The van der Waals surface area contributed by atoms with Crippen molar-refractivity contribution in [2.75, 3.05) is 29.7 Å². The average Bonchev–Trinajstić information content (AvgIpc) is 3.58. The number of anilines is 2. The lowest BCUT2D eigenvalue weighted by molar-refractivity contribution is -0.137. The minimum atomic E-state index is -4.71. The predicted molar refractivity (Wildman–Crippen MR) is 141 cm³/mol. The van der Waals surface area contributed by atoms with E-state index >= 15 is 0 Å². The molecule has 0 spiro atoms. The molecule has 3 aromatic rings. The molecule has 0 amide bonds. The van der Waals surface area contributed by atoms with Gasteiger partial charge in [0.05, 0.1) is 22.2 Å². The van der Waals surface area contributed by atoms with Gasteiger partial charge in [0.1, 0.15) is 0 Å². The topological polar surface area (TPSA) is 140 Å². The summed E-state index contributed by atoms with van der Waals surface area (Å²) >= 11 is 1.51. The second-order valence-corrected chi connectivity index (χ2v) is 11.7. The lowest BCUT2D eigenvalue weighted by Gasteiger charge is -2.11. The van der Waals surface area contributed by atoms with Gasteiger partial charge < -0.3 is 15.2 Å². The molecule has 4 rings (SSSR count). The fraction of sp³-hybridized carbons (Fsp3) is 0.458. The van der Waals surface area contributed by atoms with Gasteiger partial charge in [-0.15, -0.1) is 0 Å². The first kappa shape index (κ1) is 30.3. The molecule has 15 heteroatoms. The Morgan fingerprint density at radius 2 is 1.82 bits per heavy atom. The Bertz CT molecular complexity index is 1420. The molecule has 0 atom stereocenters. The summed E-state index contributed by atoms with van der Waals surface area (Å²) in [4.78, 5) is 24.7. The van der Waals surface area contributed by atoms with Crippen molar-refractivity contribution in [2.24, 2.45) is 0 Å². The van der Waals surface area contributed by atoms with Crippen LogP contribution in [0.1, 0.15) is 66.8 Å². The molecule has 212 valence electrons. The van der Waals surface area contributed by atoms with Crippen molar-refractivity contribution in [3.05, 3.63) is 46.8 Å². The molecule has 0 bridgehead atoms. The first-order valence-corrected chi connectivity index (χ1v) is 15.1. The highest BCUT2D eigenvalue weighted by Crippen LogP contribution is 2.42. The van der Waals surface area contributed by atoms with Crippen molar-refractivity contribution in [2.45, 2.75) is 61.8 Å². The van der Waals surface area contributed by atoms with Gasteiger partial charge in [0, 0.05) is 30.3 Å². The SMILES string of the molecule is CCNc1nc(NC(C)C)nc(SC)n1.CS(=O)(=O)c1cc(C(F)(F)F)ccc1C(=O)c1cnoc1C1CC1. The van der Waals surface area contributed by atoms with Crippen molar-refractivity contribution in [3.63, 3.8) is 0 Å². The maximum absolute atomic E-state index is 12.8. The molecular formula is C24H29F3N6O4S2. The van der Waals surface area contributed by atoms with Crippen LogP contribution in [0.3, 0.4) is 0 Å². The number of nitrogens with zero attached hydrogens (tertiary/aromatic N) is 4. The molecular weight excluding hydrogens is 557 g/mol. The van der Waals surface area contributed by atoms with Gasteiger partial charge in [0.25, 0.3) is 0 Å². The van der Waals surface area contributed by atoms with Crippen LogP contribution in [0.2, 0.25) is 0 Å². The minimum absolute atomic E-state index is 0.0441. The van der Waals surface area contributed by atoms with Crippen LogP contribution in [0.15, 0.2) is 39.0 Å². The Labute approximate surface area is 228 Å². The Morgan fingerprint density at radius 1 is 1.15 bits per heavy atom. The van der Waals surface area contributed by atoms with Gasteiger partial charge in [0.15, 0.2) is 26.5 Å². The lowest BCUT2D eigenvalue weighted by Crippen LogP contribution is -2.15. The maximum Gasteiger partial charge on any atom is 0.416 e. The molecule has 1 saturated carbocycles. The molecule has 0 saturated heterocycles. The summed E-state index contributed by atoms with van der Waals surface area (Å²) in [7, 11) is -4.04. The summed E-state index contributed by atoms with van der Waals surface area (Å²) in [6.07, 6.45) is 0.804. The Balaban J connectivity index is 0.000000242. The summed E-state index contributed by atoms with van der Waals surface area (Å²) in [6.45, 7) is 6.92. The number of carbonyl (C=O) groups excluding carboxylic acids is 1. The number of sulfone groups is 1. The number of hydrogen-bond acceptors (Lipinski definition) is 11. The number of hydrogen-bond donors (Lipinski definition) is 2. The van der Waals surface area contributed by atoms with E-state index in [-0.39, 0.29) is 17.0 Å². The average molecular weight is 587 g/mol. The second kappa shape index (κ2) is 12.3. The van der Waals surface area contributed by atoms with E-state index in [4.69, 9.17) is 4.52 Å². The van der Waals surface area contributed by atoms with Crippen molar-refractivity contribution < 1.29 is 30.9 Å². The Hall–Kier alpha value is -3.20. The fourth-order valence-corrected chi connectivity index (χ4v) is 4.66. The Morgan fingerprint density at radius 3 is 2.36 bits per heavy atom. The van der Waals surface area contributed by atoms with E-state index in [0.29, 0.717) is 35.8 Å². The second-order valence-electron chi connectivity index (χ2n) is 8.99. The van der Waals surface area contributed by atoms with Crippen LogP contribution in [0.5, 0.6) is 0 Å². The molecule has 2 N–H and O–H groups in total. The quantitative estimate of drug-likeness (QED) is 0.257. The first-order chi connectivity index (χ1) is 18.2. The number of halogens is 3. The minimum Gasteiger partial charge on any atom is -0.360 e. The fourth-order valence-electron chi connectivity index (χ4n) is 3.40.